The number of fused-ring (bicyclic) bond motifs is 1. The zero-order chi connectivity index (χ0) is 11.1. The first-order chi connectivity index (χ1) is 7.72. The van der Waals surface area contributed by atoms with Gasteiger partial charge in [0, 0.05) is 21.8 Å². The van der Waals surface area contributed by atoms with Crippen molar-refractivity contribution in [2.45, 2.75) is 23.5 Å². The molecule has 3 nitrogen and oxygen atoms in total. The van der Waals surface area contributed by atoms with Crippen molar-refractivity contribution >= 4 is 17.6 Å². The van der Waals surface area contributed by atoms with Crippen LogP contribution < -0.4 is 5.73 Å². The van der Waals surface area contributed by atoms with Crippen LogP contribution in [0, 0.1) is 0 Å². The molecule has 0 spiro atoms. The van der Waals surface area contributed by atoms with Crippen LogP contribution in [0.1, 0.15) is 12.5 Å². The molecule has 1 unspecified atom stereocenters. The first kappa shape index (κ1) is 9.78. The minimum atomic E-state index is 0.359. The van der Waals surface area contributed by atoms with Crippen LogP contribution in [0.2, 0.25) is 0 Å². The van der Waals surface area contributed by atoms with E-state index in [1.165, 1.54) is 10.5 Å². The molecule has 4 heteroatoms. The normalized spacial score (nSPS) is 18.7. The highest BCUT2D eigenvalue weighted by Gasteiger charge is 2.19. The van der Waals surface area contributed by atoms with Crippen molar-refractivity contribution in [2.24, 2.45) is 0 Å². The number of rotatable bonds is 1. The van der Waals surface area contributed by atoms with E-state index in [0.29, 0.717) is 11.1 Å². The van der Waals surface area contributed by atoms with Crippen molar-refractivity contribution < 1.29 is 4.52 Å². The molecule has 1 aromatic carbocycles. The predicted octanol–water partition coefficient (Wildman–Crippen LogP) is 2.96. The van der Waals surface area contributed by atoms with Crippen molar-refractivity contribution in [2.75, 3.05) is 5.73 Å². The summed E-state index contributed by atoms with van der Waals surface area (Å²) < 4.78 is 4.88. The average Bonchev–Trinajstić information content (AvgIpc) is 2.81. The Labute approximate surface area is 98.0 Å². The molecule has 0 aliphatic carbocycles. The van der Waals surface area contributed by atoms with E-state index in [1.54, 1.807) is 6.07 Å². The molecule has 0 radical (unpaired) electrons. The first-order valence-electron chi connectivity index (χ1n) is 5.24. The van der Waals surface area contributed by atoms with Crippen LogP contribution >= 0.6 is 11.8 Å². The second-order valence-electron chi connectivity index (χ2n) is 4.07. The molecule has 0 fully saturated rings. The Hall–Kier alpha value is -1.42. The number of benzene rings is 1. The van der Waals surface area contributed by atoms with Gasteiger partial charge in [-0.3, -0.25) is 0 Å². The predicted molar refractivity (Wildman–Crippen MR) is 65.4 cm³/mol. The maximum Gasteiger partial charge on any atom is 0.222 e. The third-order valence-corrected chi connectivity index (χ3v) is 3.94. The molecule has 1 aromatic heterocycles. The van der Waals surface area contributed by atoms with Crippen LogP contribution in [0.5, 0.6) is 0 Å². The van der Waals surface area contributed by atoms with E-state index < -0.39 is 0 Å². The number of hydrogen-bond donors (Lipinski definition) is 1. The van der Waals surface area contributed by atoms with E-state index in [2.05, 4.69) is 30.3 Å². The van der Waals surface area contributed by atoms with Crippen molar-refractivity contribution in [3.05, 3.63) is 29.8 Å². The van der Waals surface area contributed by atoms with E-state index >= 15 is 0 Å². The summed E-state index contributed by atoms with van der Waals surface area (Å²) in [5, 5.41) is 4.60. The SMILES string of the molecule is CC1Cc2cc(-c3cc(N)on3)ccc2S1. The number of hydrogen-bond acceptors (Lipinski definition) is 4. The van der Waals surface area contributed by atoms with Gasteiger partial charge in [-0.1, -0.05) is 18.1 Å². The van der Waals surface area contributed by atoms with Gasteiger partial charge in [-0.2, -0.15) is 0 Å². The fourth-order valence-electron chi connectivity index (χ4n) is 2.01. The van der Waals surface area contributed by atoms with Gasteiger partial charge in [0.15, 0.2) is 0 Å². The molecular formula is C12H12N2OS. The lowest BCUT2D eigenvalue weighted by molar-refractivity contribution is 0.439. The molecule has 2 heterocycles. The van der Waals surface area contributed by atoms with E-state index in [1.807, 2.05) is 11.8 Å². The fourth-order valence-corrected chi connectivity index (χ4v) is 3.14. The third-order valence-electron chi connectivity index (χ3n) is 2.72. The molecule has 1 atom stereocenters. The van der Waals surface area contributed by atoms with Gasteiger partial charge in [0.25, 0.3) is 0 Å². The summed E-state index contributed by atoms with van der Waals surface area (Å²) in [5.41, 5.74) is 8.80. The molecule has 0 amide bonds. The summed E-state index contributed by atoms with van der Waals surface area (Å²) in [6, 6.07) is 8.17. The molecule has 1 aliphatic heterocycles. The summed E-state index contributed by atoms with van der Waals surface area (Å²) in [6.45, 7) is 2.25. The summed E-state index contributed by atoms with van der Waals surface area (Å²) in [6.07, 6.45) is 1.13. The third kappa shape index (κ3) is 1.59. The number of nitrogen functional groups attached to an aromatic ring is 1. The lowest BCUT2D eigenvalue weighted by atomic mass is 10.1. The molecule has 2 N–H and O–H groups in total. The molecule has 0 saturated heterocycles. The van der Waals surface area contributed by atoms with Crippen LogP contribution in [0.3, 0.4) is 0 Å². The van der Waals surface area contributed by atoms with Gasteiger partial charge >= 0.3 is 0 Å². The molecule has 0 bridgehead atoms. The summed E-state index contributed by atoms with van der Waals surface area (Å²) in [4.78, 5) is 1.38. The Morgan fingerprint density at radius 2 is 2.31 bits per heavy atom. The molecule has 16 heavy (non-hydrogen) atoms. The van der Waals surface area contributed by atoms with Crippen molar-refractivity contribution in [1.82, 2.24) is 5.16 Å². The van der Waals surface area contributed by atoms with Crippen molar-refractivity contribution in [1.29, 1.82) is 0 Å². The summed E-state index contributed by atoms with van der Waals surface area (Å²) in [5.74, 6) is 0.359. The number of nitrogens with zero attached hydrogens (tertiary/aromatic N) is 1. The van der Waals surface area contributed by atoms with Crippen LogP contribution in [0.15, 0.2) is 33.7 Å². The fraction of sp³-hybridized carbons (Fsp3) is 0.250. The lowest BCUT2D eigenvalue weighted by Crippen LogP contribution is -1.91. The second kappa shape index (κ2) is 3.56. The Bertz CT molecular complexity index is 536. The largest absolute Gasteiger partial charge is 0.368 e. The second-order valence-corrected chi connectivity index (χ2v) is 5.55. The van der Waals surface area contributed by atoms with Crippen molar-refractivity contribution in [3.8, 4) is 11.3 Å². The molecule has 1 aliphatic rings. The molecule has 3 rings (SSSR count). The van der Waals surface area contributed by atoms with Crippen LogP contribution in [-0.2, 0) is 6.42 Å². The van der Waals surface area contributed by atoms with E-state index in [-0.39, 0.29) is 0 Å². The first-order valence-corrected chi connectivity index (χ1v) is 6.12. The zero-order valence-corrected chi connectivity index (χ0v) is 9.75. The van der Waals surface area contributed by atoms with Gasteiger partial charge in [-0.25, -0.2) is 0 Å². The van der Waals surface area contributed by atoms with E-state index in [4.69, 9.17) is 10.3 Å². The molecule has 0 saturated carbocycles. The highest BCUT2D eigenvalue weighted by molar-refractivity contribution is 8.00. The highest BCUT2D eigenvalue weighted by Crippen LogP contribution is 2.38. The van der Waals surface area contributed by atoms with Crippen LogP contribution in [0.4, 0.5) is 5.88 Å². The van der Waals surface area contributed by atoms with Crippen LogP contribution in [0.25, 0.3) is 11.3 Å². The Balaban J connectivity index is 2.02. The van der Waals surface area contributed by atoms with Gasteiger partial charge in [0.05, 0.1) is 0 Å². The maximum atomic E-state index is 5.52. The van der Waals surface area contributed by atoms with E-state index in [9.17, 15) is 0 Å². The van der Waals surface area contributed by atoms with Gasteiger partial charge in [-0.15, -0.1) is 11.8 Å². The van der Waals surface area contributed by atoms with Gasteiger partial charge < -0.3 is 10.3 Å². The Morgan fingerprint density at radius 3 is 3.06 bits per heavy atom. The Morgan fingerprint density at radius 1 is 1.44 bits per heavy atom. The van der Waals surface area contributed by atoms with Crippen LogP contribution in [-0.4, -0.2) is 10.4 Å². The minimum absolute atomic E-state index is 0.359. The quantitative estimate of drug-likeness (QED) is 0.821. The number of nitrogens with two attached hydrogens (primary N) is 1. The number of thioether (sulfide) groups is 1. The number of anilines is 1. The molecule has 2 aromatic rings. The summed E-state index contributed by atoms with van der Waals surface area (Å²) in [7, 11) is 0. The molecular weight excluding hydrogens is 220 g/mol. The minimum Gasteiger partial charge on any atom is -0.368 e. The summed E-state index contributed by atoms with van der Waals surface area (Å²) >= 11 is 1.93. The van der Waals surface area contributed by atoms with Gasteiger partial charge in [0.2, 0.25) is 5.88 Å². The maximum absolute atomic E-state index is 5.52. The highest BCUT2D eigenvalue weighted by atomic mass is 32.2. The topological polar surface area (TPSA) is 52.0 Å². The van der Waals surface area contributed by atoms with Gasteiger partial charge in [0.1, 0.15) is 5.69 Å². The smallest absolute Gasteiger partial charge is 0.222 e. The standard InChI is InChI=1S/C12H12N2OS/c1-7-4-9-5-8(2-3-11(9)16-7)10-6-12(13)15-14-10/h2-3,5-7H,4,13H2,1H3. The average molecular weight is 232 g/mol. The number of aromatic nitrogens is 1. The van der Waals surface area contributed by atoms with Gasteiger partial charge in [-0.05, 0) is 24.1 Å². The lowest BCUT2D eigenvalue weighted by Gasteiger charge is -2.00. The molecule has 82 valence electrons. The monoisotopic (exact) mass is 232 g/mol. The van der Waals surface area contributed by atoms with Crippen molar-refractivity contribution in [3.63, 3.8) is 0 Å². The zero-order valence-electron chi connectivity index (χ0n) is 8.93. The Kier molecular flexibility index (Phi) is 2.17. The van der Waals surface area contributed by atoms with E-state index in [0.717, 1.165) is 17.7 Å².